The van der Waals surface area contributed by atoms with Crippen LogP contribution in [-0.4, -0.2) is 11.5 Å². The maximum absolute atomic E-state index is 13.7. The summed E-state index contributed by atoms with van der Waals surface area (Å²) in [5, 5.41) is 2.68. The topological polar surface area (TPSA) is 42.2 Å². The van der Waals surface area contributed by atoms with Crippen molar-refractivity contribution in [3.05, 3.63) is 41.2 Å². The van der Waals surface area contributed by atoms with Crippen LogP contribution in [0.3, 0.4) is 0 Å². The lowest BCUT2D eigenvalue weighted by Gasteiger charge is -2.20. The number of halogens is 1. The lowest BCUT2D eigenvalue weighted by Crippen LogP contribution is -2.17. The van der Waals surface area contributed by atoms with Gasteiger partial charge in [0.15, 0.2) is 5.13 Å². The number of benzene rings is 1. The first-order valence-corrected chi connectivity index (χ1v) is 6.30. The van der Waals surface area contributed by atoms with Crippen molar-refractivity contribution in [1.82, 2.24) is 4.98 Å². The van der Waals surface area contributed by atoms with E-state index in [2.05, 4.69) is 4.98 Å². The fourth-order valence-corrected chi connectivity index (χ4v) is 2.51. The molecule has 0 fully saturated rings. The van der Waals surface area contributed by atoms with E-state index < -0.39 is 0 Å². The Morgan fingerprint density at radius 3 is 2.76 bits per heavy atom. The maximum atomic E-state index is 13.7. The van der Waals surface area contributed by atoms with Gasteiger partial charge < -0.3 is 10.6 Å². The third-order valence-corrected chi connectivity index (χ3v) is 3.35. The molecule has 2 N–H and O–H groups in total. The first-order chi connectivity index (χ1) is 8.26. The molecule has 1 aromatic carbocycles. The molecule has 0 radical (unpaired) electrons. The SMILES string of the molecule is CCN(c1nc(CN)cs1)c1ccccc1F. The van der Waals surface area contributed by atoms with Crippen molar-refractivity contribution in [3.63, 3.8) is 0 Å². The summed E-state index contributed by atoms with van der Waals surface area (Å²) in [7, 11) is 0. The summed E-state index contributed by atoms with van der Waals surface area (Å²) >= 11 is 1.48. The molecule has 0 saturated carbocycles. The number of aromatic nitrogens is 1. The highest BCUT2D eigenvalue weighted by Crippen LogP contribution is 2.29. The Morgan fingerprint density at radius 1 is 1.41 bits per heavy atom. The van der Waals surface area contributed by atoms with Crippen LogP contribution in [0.2, 0.25) is 0 Å². The molecular formula is C12H14FN3S. The third-order valence-electron chi connectivity index (χ3n) is 2.44. The summed E-state index contributed by atoms with van der Waals surface area (Å²) in [6, 6.07) is 6.70. The Hall–Kier alpha value is -1.46. The van der Waals surface area contributed by atoms with E-state index in [0.717, 1.165) is 10.8 Å². The average Bonchev–Trinajstić information content (AvgIpc) is 2.81. The Kier molecular flexibility index (Phi) is 3.71. The molecule has 0 spiro atoms. The second-order valence-corrected chi connectivity index (χ2v) is 4.36. The highest BCUT2D eigenvalue weighted by atomic mass is 32.1. The van der Waals surface area contributed by atoms with Crippen LogP contribution in [0.5, 0.6) is 0 Å². The van der Waals surface area contributed by atoms with Gasteiger partial charge in [0.2, 0.25) is 0 Å². The molecule has 0 saturated heterocycles. The van der Waals surface area contributed by atoms with Gasteiger partial charge in [-0.1, -0.05) is 12.1 Å². The van der Waals surface area contributed by atoms with Crippen molar-refractivity contribution in [2.45, 2.75) is 13.5 Å². The van der Waals surface area contributed by atoms with Crippen molar-refractivity contribution in [1.29, 1.82) is 0 Å². The summed E-state index contributed by atoms with van der Waals surface area (Å²) in [5.41, 5.74) is 6.91. The second-order valence-electron chi connectivity index (χ2n) is 3.52. The number of hydrogen-bond donors (Lipinski definition) is 1. The number of nitrogens with zero attached hydrogens (tertiary/aromatic N) is 2. The minimum atomic E-state index is -0.237. The van der Waals surface area contributed by atoms with Crippen molar-refractivity contribution >= 4 is 22.2 Å². The summed E-state index contributed by atoms with van der Waals surface area (Å²) in [6.07, 6.45) is 0. The molecule has 0 aliphatic heterocycles. The predicted molar refractivity (Wildman–Crippen MR) is 69.1 cm³/mol. The van der Waals surface area contributed by atoms with Gasteiger partial charge in [-0.25, -0.2) is 9.37 Å². The Labute approximate surface area is 104 Å². The highest BCUT2D eigenvalue weighted by Gasteiger charge is 2.14. The van der Waals surface area contributed by atoms with Gasteiger partial charge in [0.1, 0.15) is 5.82 Å². The lowest BCUT2D eigenvalue weighted by atomic mass is 10.3. The van der Waals surface area contributed by atoms with E-state index in [9.17, 15) is 4.39 Å². The summed E-state index contributed by atoms with van der Waals surface area (Å²) in [6.45, 7) is 3.04. The summed E-state index contributed by atoms with van der Waals surface area (Å²) < 4.78 is 13.7. The monoisotopic (exact) mass is 251 g/mol. The van der Waals surface area contributed by atoms with Gasteiger partial charge >= 0.3 is 0 Å². The molecule has 2 aromatic rings. The molecule has 0 atom stereocenters. The maximum Gasteiger partial charge on any atom is 0.190 e. The van der Waals surface area contributed by atoms with Crippen LogP contribution in [-0.2, 0) is 6.54 Å². The first kappa shape index (κ1) is 12.0. The predicted octanol–water partition coefficient (Wildman–Crippen LogP) is 2.90. The minimum absolute atomic E-state index is 0.237. The van der Waals surface area contributed by atoms with E-state index in [0.29, 0.717) is 18.8 Å². The minimum Gasteiger partial charge on any atom is -0.325 e. The van der Waals surface area contributed by atoms with E-state index in [4.69, 9.17) is 5.73 Å². The van der Waals surface area contributed by atoms with Gasteiger partial charge in [0.05, 0.1) is 11.4 Å². The largest absolute Gasteiger partial charge is 0.325 e. The molecule has 0 unspecified atom stereocenters. The van der Waals surface area contributed by atoms with Gasteiger partial charge in [-0.3, -0.25) is 0 Å². The Bertz CT molecular complexity index is 498. The molecule has 0 bridgehead atoms. The van der Waals surface area contributed by atoms with E-state index in [1.165, 1.54) is 17.4 Å². The lowest BCUT2D eigenvalue weighted by molar-refractivity contribution is 0.625. The zero-order valence-electron chi connectivity index (χ0n) is 9.56. The molecule has 0 aliphatic carbocycles. The Balaban J connectivity index is 2.36. The number of anilines is 2. The van der Waals surface area contributed by atoms with Crippen LogP contribution in [0.4, 0.5) is 15.2 Å². The van der Waals surface area contributed by atoms with Crippen molar-refractivity contribution < 1.29 is 4.39 Å². The van der Waals surface area contributed by atoms with E-state index >= 15 is 0 Å². The van der Waals surface area contributed by atoms with Crippen LogP contribution in [0.25, 0.3) is 0 Å². The van der Waals surface area contributed by atoms with E-state index in [1.54, 1.807) is 12.1 Å². The molecule has 5 heteroatoms. The van der Waals surface area contributed by atoms with Gasteiger partial charge in [-0.2, -0.15) is 0 Å². The van der Waals surface area contributed by atoms with Crippen LogP contribution < -0.4 is 10.6 Å². The molecule has 0 amide bonds. The number of hydrogen-bond acceptors (Lipinski definition) is 4. The van der Waals surface area contributed by atoms with E-state index in [-0.39, 0.29) is 5.82 Å². The van der Waals surface area contributed by atoms with Crippen LogP contribution >= 0.6 is 11.3 Å². The molecular weight excluding hydrogens is 237 g/mol. The highest BCUT2D eigenvalue weighted by molar-refractivity contribution is 7.13. The number of para-hydroxylation sites is 1. The van der Waals surface area contributed by atoms with Gasteiger partial charge in [-0.05, 0) is 19.1 Å². The van der Waals surface area contributed by atoms with Crippen molar-refractivity contribution in [2.75, 3.05) is 11.4 Å². The van der Waals surface area contributed by atoms with Gasteiger partial charge in [-0.15, -0.1) is 11.3 Å². The zero-order valence-corrected chi connectivity index (χ0v) is 10.4. The zero-order chi connectivity index (χ0) is 12.3. The fraction of sp³-hybridized carbons (Fsp3) is 0.250. The summed E-state index contributed by atoms with van der Waals surface area (Å²) in [4.78, 5) is 6.22. The normalized spacial score (nSPS) is 10.5. The van der Waals surface area contributed by atoms with Crippen LogP contribution in [0, 0.1) is 5.82 Å². The van der Waals surface area contributed by atoms with Crippen molar-refractivity contribution in [3.8, 4) is 0 Å². The van der Waals surface area contributed by atoms with Crippen molar-refractivity contribution in [2.24, 2.45) is 5.73 Å². The molecule has 90 valence electrons. The number of nitrogens with two attached hydrogens (primary N) is 1. The van der Waals surface area contributed by atoms with Gasteiger partial charge in [0, 0.05) is 18.5 Å². The second kappa shape index (κ2) is 5.25. The molecule has 2 rings (SSSR count). The molecule has 1 heterocycles. The summed E-state index contributed by atoms with van der Waals surface area (Å²) in [5.74, 6) is -0.237. The first-order valence-electron chi connectivity index (χ1n) is 5.42. The standard InChI is InChI=1S/C12H14FN3S/c1-2-16(11-6-4-3-5-10(11)13)12-15-9(7-14)8-17-12/h3-6,8H,2,7,14H2,1H3. The number of thiazole rings is 1. The molecule has 0 aliphatic rings. The third kappa shape index (κ3) is 2.45. The molecule has 17 heavy (non-hydrogen) atoms. The molecule has 3 nitrogen and oxygen atoms in total. The smallest absolute Gasteiger partial charge is 0.190 e. The van der Waals surface area contributed by atoms with E-state index in [1.807, 2.05) is 23.3 Å². The molecule has 1 aromatic heterocycles. The van der Waals surface area contributed by atoms with Crippen LogP contribution in [0.1, 0.15) is 12.6 Å². The quantitative estimate of drug-likeness (QED) is 0.908. The Morgan fingerprint density at radius 2 is 2.18 bits per heavy atom. The van der Waals surface area contributed by atoms with Gasteiger partial charge in [0.25, 0.3) is 0 Å². The number of rotatable bonds is 4. The van der Waals surface area contributed by atoms with Crippen LogP contribution in [0.15, 0.2) is 29.6 Å². The fourth-order valence-electron chi connectivity index (χ4n) is 1.59. The average molecular weight is 251 g/mol.